The van der Waals surface area contributed by atoms with Crippen LogP contribution in [0.3, 0.4) is 0 Å². The summed E-state index contributed by atoms with van der Waals surface area (Å²) < 4.78 is 5.23. The van der Waals surface area contributed by atoms with E-state index in [4.69, 9.17) is 38.9 Å². The van der Waals surface area contributed by atoms with Gasteiger partial charge in [-0.2, -0.15) is 5.26 Å². The zero-order valence-corrected chi connectivity index (χ0v) is 13.2. The molecule has 2 aromatic carbocycles. The Labute approximate surface area is 142 Å². The summed E-state index contributed by atoms with van der Waals surface area (Å²) in [4.78, 5) is 23.5. The molecular formula is C16H10Cl2N2O3. The predicted molar refractivity (Wildman–Crippen MR) is 85.7 cm³/mol. The van der Waals surface area contributed by atoms with E-state index in [1.807, 2.05) is 6.07 Å². The smallest absolute Gasteiger partial charge is 0.255 e. The second-order valence-corrected chi connectivity index (χ2v) is 5.44. The van der Waals surface area contributed by atoms with E-state index in [0.29, 0.717) is 5.02 Å². The minimum atomic E-state index is -0.673. The van der Waals surface area contributed by atoms with Crippen molar-refractivity contribution >= 4 is 34.9 Å². The van der Waals surface area contributed by atoms with Gasteiger partial charge in [0.1, 0.15) is 5.75 Å². The van der Waals surface area contributed by atoms with Gasteiger partial charge in [-0.1, -0.05) is 23.2 Å². The maximum Gasteiger partial charge on any atom is 0.255 e. The fourth-order valence-electron chi connectivity index (χ4n) is 1.90. The van der Waals surface area contributed by atoms with Gasteiger partial charge in [-0.25, -0.2) is 0 Å². The first-order valence-corrected chi connectivity index (χ1v) is 7.12. The second kappa shape index (κ2) is 7.14. The average molecular weight is 349 g/mol. The van der Waals surface area contributed by atoms with E-state index in [0.717, 1.165) is 0 Å². The number of nitriles is 1. The number of hydrogen-bond acceptors (Lipinski definition) is 4. The number of rotatable bonds is 5. The molecule has 0 saturated carbocycles. The van der Waals surface area contributed by atoms with Crippen molar-refractivity contribution in [2.45, 2.75) is 0 Å². The van der Waals surface area contributed by atoms with Crippen LogP contribution in [0.5, 0.6) is 5.75 Å². The molecule has 7 heteroatoms. The lowest BCUT2D eigenvalue weighted by molar-refractivity contribution is -0.119. The van der Waals surface area contributed by atoms with Crippen LogP contribution in [0.25, 0.3) is 0 Å². The van der Waals surface area contributed by atoms with E-state index in [-0.39, 0.29) is 34.1 Å². The fourth-order valence-corrected chi connectivity index (χ4v) is 2.30. The molecule has 2 rings (SSSR count). The van der Waals surface area contributed by atoms with Gasteiger partial charge in [-0.3, -0.25) is 9.59 Å². The number of hydrogen-bond donors (Lipinski definition) is 1. The molecular weight excluding hydrogens is 339 g/mol. The third-order valence-electron chi connectivity index (χ3n) is 2.85. The second-order valence-electron chi connectivity index (χ2n) is 4.56. The van der Waals surface area contributed by atoms with E-state index >= 15 is 0 Å². The topological polar surface area (TPSA) is 93.2 Å². The van der Waals surface area contributed by atoms with Gasteiger partial charge in [0.25, 0.3) is 5.91 Å². The Bertz CT molecular complexity index is 829. The number of amides is 1. The van der Waals surface area contributed by atoms with Crippen LogP contribution in [-0.2, 0) is 4.79 Å². The van der Waals surface area contributed by atoms with Crippen LogP contribution in [0.1, 0.15) is 21.5 Å². The summed E-state index contributed by atoms with van der Waals surface area (Å²) >= 11 is 11.8. The third kappa shape index (κ3) is 4.22. The molecule has 0 aliphatic rings. The minimum absolute atomic E-state index is 0.143. The number of ketones is 1. The molecule has 23 heavy (non-hydrogen) atoms. The molecule has 0 radical (unpaired) electrons. The van der Waals surface area contributed by atoms with Crippen molar-refractivity contribution in [1.82, 2.24) is 0 Å². The van der Waals surface area contributed by atoms with E-state index in [1.54, 1.807) is 0 Å². The van der Waals surface area contributed by atoms with Gasteiger partial charge in [-0.15, -0.1) is 0 Å². The van der Waals surface area contributed by atoms with Crippen LogP contribution >= 0.6 is 23.2 Å². The molecule has 0 fully saturated rings. The highest BCUT2D eigenvalue weighted by molar-refractivity contribution is 6.32. The third-order valence-corrected chi connectivity index (χ3v) is 3.30. The van der Waals surface area contributed by atoms with Crippen molar-refractivity contribution in [3.8, 4) is 11.8 Å². The van der Waals surface area contributed by atoms with Crippen LogP contribution < -0.4 is 10.5 Å². The lowest BCUT2D eigenvalue weighted by atomic mass is 10.0. The summed E-state index contributed by atoms with van der Waals surface area (Å²) in [5.74, 6) is -0.949. The molecule has 1 amide bonds. The number of ether oxygens (including phenoxy) is 1. The van der Waals surface area contributed by atoms with Crippen LogP contribution in [0.4, 0.5) is 0 Å². The van der Waals surface area contributed by atoms with Crippen molar-refractivity contribution < 1.29 is 14.3 Å². The largest absolute Gasteiger partial charge is 0.483 e. The molecule has 0 bridgehead atoms. The molecule has 0 aliphatic carbocycles. The van der Waals surface area contributed by atoms with Gasteiger partial charge in [0.15, 0.2) is 12.4 Å². The summed E-state index contributed by atoms with van der Waals surface area (Å²) in [5.41, 5.74) is 5.64. The summed E-state index contributed by atoms with van der Waals surface area (Å²) in [6.07, 6.45) is 0. The fraction of sp³-hybridized carbons (Fsp3) is 0.0625. The van der Waals surface area contributed by atoms with Crippen molar-refractivity contribution in [3.05, 3.63) is 63.1 Å². The molecule has 0 spiro atoms. The first kappa shape index (κ1) is 16.8. The van der Waals surface area contributed by atoms with Crippen LogP contribution in [0.2, 0.25) is 10.0 Å². The first-order valence-electron chi connectivity index (χ1n) is 6.36. The molecule has 0 heterocycles. The number of nitrogens with zero attached hydrogens (tertiary/aromatic N) is 1. The van der Waals surface area contributed by atoms with Gasteiger partial charge < -0.3 is 10.5 Å². The van der Waals surface area contributed by atoms with Gasteiger partial charge in [0.05, 0.1) is 17.2 Å². The molecule has 0 aliphatic heterocycles. The number of carbonyl (C=O) groups is 2. The molecule has 0 aromatic heterocycles. The van der Waals surface area contributed by atoms with Gasteiger partial charge in [-0.05, 0) is 36.4 Å². The molecule has 0 atom stereocenters. The summed E-state index contributed by atoms with van der Waals surface area (Å²) in [6.45, 7) is -0.374. The van der Waals surface area contributed by atoms with Crippen LogP contribution in [0, 0.1) is 11.3 Å². The van der Waals surface area contributed by atoms with Crippen molar-refractivity contribution in [3.63, 3.8) is 0 Å². The molecule has 2 N–H and O–H groups in total. The van der Waals surface area contributed by atoms with Crippen molar-refractivity contribution in [2.75, 3.05) is 6.61 Å². The highest BCUT2D eigenvalue weighted by Gasteiger charge is 2.17. The Morgan fingerprint density at radius 3 is 2.52 bits per heavy atom. The lowest BCUT2D eigenvalue weighted by Gasteiger charge is -2.10. The number of halogens is 2. The summed E-state index contributed by atoms with van der Waals surface area (Å²) in [5, 5.41) is 9.55. The van der Waals surface area contributed by atoms with Crippen molar-refractivity contribution in [1.29, 1.82) is 5.26 Å². The maximum absolute atomic E-state index is 12.7. The molecule has 0 saturated heterocycles. The van der Waals surface area contributed by atoms with Gasteiger partial charge >= 0.3 is 0 Å². The predicted octanol–water partition coefficient (Wildman–Crippen LogP) is 2.96. The van der Waals surface area contributed by atoms with E-state index in [2.05, 4.69) is 0 Å². The van der Waals surface area contributed by atoms with Crippen molar-refractivity contribution in [2.24, 2.45) is 5.73 Å². The lowest BCUT2D eigenvalue weighted by Crippen LogP contribution is -2.21. The van der Waals surface area contributed by atoms with E-state index < -0.39 is 11.7 Å². The Hall–Kier alpha value is -2.55. The van der Waals surface area contributed by atoms with Crippen LogP contribution in [0.15, 0.2) is 36.4 Å². The van der Waals surface area contributed by atoms with Gasteiger partial charge in [0, 0.05) is 15.6 Å². The summed E-state index contributed by atoms with van der Waals surface area (Å²) in [6, 6.07) is 10.6. The standard InChI is InChI=1S/C16H10Cl2N2O3/c17-11-1-2-14(23-8-15(20)21)13(6-11)16(22)10-3-9(7-19)4-12(18)5-10/h1-6H,8H2,(H2,20,21). The molecule has 2 aromatic rings. The Kier molecular flexibility index (Phi) is 5.22. The maximum atomic E-state index is 12.7. The first-order chi connectivity index (χ1) is 10.9. The van der Waals surface area contributed by atoms with E-state index in [1.165, 1.54) is 36.4 Å². The number of nitrogens with two attached hydrogens (primary N) is 1. The zero-order chi connectivity index (χ0) is 17.0. The quantitative estimate of drug-likeness (QED) is 0.840. The average Bonchev–Trinajstić information content (AvgIpc) is 2.52. The Balaban J connectivity index is 2.46. The normalized spacial score (nSPS) is 9.96. The highest BCUT2D eigenvalue weighted by Crippen LogP contribution is 2.27. The minimum Gasteiger partial charge on any atom is -0.483 e. The summed E-state index contributed by atoms with van der Waals surface area (Å²) in [7, 11) is 0. The van der Waals surface area contributed by atoms with Gasteiger partial charge in [0.2, 0.25) is 0 Å². The molecule has 116 valence electrons. The van der Waals surface area contributed by atoms with E-state index in [9.17, 15) is 9.59 Å². The number of carbonyl (C=O) groups excluding carboxylic acids is 2. The SMILES string of the molecule is N#Cc1cc(Cl)cc(C(=O)c2cc(Cl)ccc2OCC(N)=O)c1. The highest BCUT2D eigenvalue weighted by atomic mass is 35.5. The number of benzene rings is 2. The Morgan fingerprint density at radius 1 is 1.13 bits per heavy atom. The number of primary amides is 1. The molecule has 5 nitrogen and oxygen atoms in total. The van der Waals surface area contributed by atoms with Crippen LogP contribution in [-0.4, -0.2) is 18.3 Å². The zero-order valence-electron chi connectivity index (χ0n) is 11.7. The monoisotopic (exact) mass is 348 g/mol. The Morgan fingerprint density at radius 2 is 1.87 bits per heavy atom. The molecule has 0 unspecified atom stereocenters.